The van der Waals surface area contributed by atoms with E-state index >= 15 is 0 Å². The number of hydrogen-bond donors (Lipinski definition) is 3. The van der Waals surface area contributed by atoms with Gasteiger partial charge in [-0.2, -0.15) is 5.10 Å². The molecule has 80 valence electrons. The summed E-state index contributed by atoms with van der Waals surface area (Å²) < 4.78 is 12.7. The minimum absolute atomic E-state index is 0.00353. The predicted molar refractivity (Wildman–Crippen MR) is 55.5 cm³/mol. The molecule has 7 heteroatoms. The highest BCUT2D eigenvalue weighted by molar-refractivity contribution is 6.31. The lowest BCUT2D eigenvalue weighted by atomic mass is 10.2. The standard InChI is InChI=1S/C8H8ClFN4O/c9-6-3-5(1-2-7(6)10)4-12-13-8(11)14-15/h1-4,15H,(H3,11,13,14)/b12-4+. The van der Waals surface area contributed by atoms with E-state index in [2.05, 4.69) is 10.2 Å². The molecule has 1 aromatic carbocycles. The maximum absolute atomic E-state index is 12.7. The topological polar surface area (TPSA) is 83.0 Å². The summed E-state index contributed by atoms with van der Waals surface area (Å²) in [5.74, 6) is -0.756. The first kappa shape index (κ1) is 11.4. The van der Waals surface area contributed by atoms with Crippen molar-refractivity contribution in [2.24, 2.45) is 15.9 Å². The molecule has 0 aliphatic rings. The van der Waals surface area contributed by atoms with Gasteiger partial charge < -0.3 is 5.73 Å². The summed E-state index contributed by atoms with van der Waals surface area (Å²) in [7, 11) is 0. The van der Waals surface area contributed by atoms with E-state index in [1.165, 1.54) is 24.4 Å². The Bertz CT molecular complexity index is 408. The summed E-state index contributed by atoms with van der Waals surface area (Å²) >= 11 is 5.53. The molecule has 0 bridgehead atoms. The Labute approximate surface area is 90.0 Å². The van der Waals surface area contributed by atoms with E-state index in [0.717, 1.165) is 0 Å². The molecule has 15 heavy (non-hydrogen) atoms. The van der Waals surface area contributed by atoms with E-state index < -0.39 is 5.82 Å². The van der Waals surface area contributed by atoms with E-state index in [0.29, 0.717) is 5.56 Å². The van der Waals surface area contributed by atoms with Gasteiger partial charge in [-0.05, 0) is 17.7 Å². The summed E-state index contributed by atoms with van der Waals surface area (Å²) in [6.45, 7) is 0. The van der Waals surface area contributed by atoms with Crippen LogP contribution in [0.1, 0.15) is 5.56 Å². The fourth-order valence-corrected chi connectivity index (χ4v) is 0.962. The number of nitrogens with one attached hydrogen (secondary N) is 1. The van der Waals surface area contributed by atoms with E-state index in [4.69, 9.17) is 22.5 Å². The van der Waals surface area contributed by atoms with Crippen molar-refractivity contribution in [3.8, 4) is 0 Å². The average Bonchev–Trinajstić information content (AvgIpc) is 2.23. The number of rotatable bonds is 2. The van der Waals surface area contributed by atoms with Gasteiger partial charge in [0, 0.05) is 0 Å². The summed E-state index contributed by atoms with van der Waals surface area (Å²) in [5, 5.41) is 15.1. The highest BCUT2D eigenvalue weighted by Crippen LogP contribution is 2.14. The number of hydrogen-bond acceptors (Lipinski definition) is 3. The average molecular weight is 231 g/mol. The largest absolute Gasteiger partial charge is 0.367 e. The van der Waals surface area contributed by atoms with Gasteiger partial charge in [0.25, 0.3) is 0 Å². The van der Waals surface area contributed by atoms with Gasteiger partial charge in [-0.3, -0.25) is 5.21 Å². The minimum atomic E-state index is -0.506. The lowest BCUT2D eigenvalue weighted by molar-refractivity contribution is 0.232. The summed E-state index contributed by atoms with van der Waals surface area (Å²) in [4.78, 5) is 0. The Hall–Kier alpha value is -1.66. The van der Waals surface area contributed by atoms with Crippen molar-refractivity contribution in [1.82, 2.24) is 5.48 Å². The molecule has 0 saturated heterocycles. The van der Waals surface area contributed by atoms with Gasteiger partial charge in [0.05, 0.1) is 11.2 Å². The summed E-state index contributed by atoms with van der Waals surface area (Å²) in [6.07, 6.45) is 1.32. The zero-order chi connectivity index (χ0) is 11.3. The van der Waals surface area contributed by atoms with Gasteiger partial charge >= 0.3 is 0 Å². The molecule has 0 spiro atoms. The molecule has 0 radical (unpaired) electrons. The first-order chi connectivity index (χ1) is 7.13. The first-order valence-electron chi connectivity index (χ1n) is 3.85. The molecule has 0 aromatic heterocycles. The molecule has 1 aromatic rings. The lowest BCUT2D eigenvalue weighted by Crippen LogP contribution is -2.27. The number of halogens is 2. The zero-order valence-electron chi connectivity index (χ0n) is 7.48. The monoisotopic (exact) mass is 230 g/mol. The Morgan fingerprint density at radius 3 is 2.93 bits per heavy atom. The van der Waals surface area contributed by atoms with E-state index in [-0.39, 0.29) is 11.0 Å². The molecule has 0 aliphatic heterocycles. The van der Waals surface area contributed by atoms with Crippen molar-refractivity contribution in [1.29, 1.82) is 0 Å². The molecular weight excluding hydrogens is 223 g/mol. The second-order valence-corrected chi connectivity index (χ2v) is 2.92. The number of nitrogens with two attached hydrogens (primary N) is 1. The second-order valence-electron chi connectivity index (χ2n) is 2.52. The SMILES string of the molecule is N/C(=N\N=C\c1ccc(F)c(Cl)c1)NO. The zero-order valence-corrected chi connectivity index (χ0v) is 8.24. The van der Waals surface area contributed by atoms with Crippen LogP contribution < -0.4 is 11.2 Å². The quantitative estimate of drug-likeness (QED) is 0.404. The fourth-order valence-electron chi connectivity index (χ4n) is 0.773. The number of nitrogens with zero attached hydrogens (tertiary/aromatic N) is 2. The molecule has 0 atom stereocenters. The van der Waals surface area contributed by atoms with Crippen LogP contribution in [0, 0.1) is 5.82 Å². The number of benzene rings is 1. The van der Waals surface area contributed by atoms with Crippen molar-refractivity contribution in [2.75, 3.05) is 0 Å². The Kier molecular flexibility index (Phi) is 4.02. The van der Waals surface area contributed by atoms with Gasteiger partial charge in [0.2, 0.25) is 5.96 Å². The second kappa shape index (κ2) is 5.28. The van der Waals surface area contributed by atoms with Crippen LogP contribution in [0.4, 0.5) is 4.39 Å². The van der Waals surface area contributed by atoms with Crippen LogP contribution in [0.5, 0.6) is 0 Å². The summed E-state index contributed by atoms with van der Waals surface area (Å²) in [5.41, 5.74) is 7.25. The van der Waals surface area contributed by atoms with Crippen molar-refractivity contribution in [2.45, 2.75) is 0 Å². The molecule has 0 amide bonds. The molecule has 4 N–H and O–H groups in total. The third-order valence-corrected chi connectivity index (χ3v) is 1.72. The molecule has 0 fully saturated rings. The van der Waals surface area contributed by atoms with Crippen molar-refractivity contribution in [3.63, 3.8) is 0 Å². The smallest absolute Gasteiger partial charge is 0.237 e. The Balaban J connectivity index is 2.77. The normalized spacial score (nSPS) is 12.1. The fraction of sp³-hybridized carbons (Fsp3) is 0. The van der Waals surface area contributed by atoms with Crippen LogP contribution in [0.3, 0.4) is 0 Å². The molecule has 0 heterocycles. The predicted octanol–water partition coefficient (Wildman–Crippen LogP) is 1.11. The van der Waals surface area contributed by atoms with Crippen molar-refractivity contribution in [3.05, 3.63) is 34.6 Å². The Morgan fingerprint density at radius 2 is 2.33 bits per heavy atom. The highest BCUT2D eigenvalue weighted by atomic mass is 35.5. The molecule has 0 unspecified atom stereocenters. The van der Waals surface area contributed by atoms with Crippen LogP contribution >= 0.6 is 11.6 Å². The Morgan fingerprint density at radius 1 is 1.60 bits per heavy atom. The van der Waals surface area contributed by atoms with Crippen LogP contribution in [0.25, 0.3) is 0 Å². The van der Waals surface area contributed by atoms with Crippen molar-refractivity contribution >= 4 is 23.8 Å². The molecule has 0 aliphatic carbocycles. The van der Waals surface area contributed by atoms with E-state index in [9.17, 15) is 4.39 Å². The van der Waals surface area contributed by atoms with Crippen LogP contribution in [-0.2, 0) is 0 Å². The molecule has 1 rings (SSSR count). The molecule has 5 nitrogen and oxygen atoms in total. The van der Waals surface area contributed by atoms with E-state index in [1.807, 2.05) is 0 Å². The number of guanidine groups is 1. The minimum Gasteiger partial charge on any atom is -0.367 e. The summed E-state index contributed by atoms with van der Waals surface area (Å²) in [6, 6.07) is 4.07. The van der Waals surface area contributed by atoms with Crippen LogP contribution in [0.15, 0.2) is 28.4 Å². The third kappa shape index (κ3) is 3.53. The number of hydroxylamine groups is 1. The van der Waals surface area contributed by atoms with Gasteiger partial charge in [-0.15, -0.1) is 5.10 Å². The first-order valence-corrected chi connectivity index (χ1v) is 4.23. The van der Waals surface area contributed by atoms with Gasteiger partial charge in [0.1, 0.15) is 5.82 Å². The van der Waals surface area contributed by atoms with Gasteiger partial charge in [-0.25, -0.2) is 9.87 Å². The van der Waals surface area contributed by atoms with Crippen LogP contribution in [0.2, 0.25) is 5.02 Å². The highest BCUT2D eigenvalue weighted by Gasteiger charge is 1.98. The maximum atomic E-state index is 12.7. The van der Waals surface area contributed by atoms with Crippen LogP contribution in [-0.4, -0.2) is 17.4 Å². The van der Waals surface area contributed by atoms with Crippen molar-refractivity contribution < 1.29 is 9.60 Å². The lowest BCUT2D eigenvalue weighted by Gasteiger charge is -1.95. The van der Waals surface area contributed by atoms with E-state index in [1.54, 1.807) is 5.48 Å². The third-order valence-electron chi connectivity index (χ3n) is 1.43. The molecular formula is C8H8ClFN4O. The molecule has 0 saturated carbocycles. The van der Waals surface area contributed by atoms with Gasteiger partial charge in [-0.1, -0.05) is 17.7 Å². The van der Waals surface area contributed by atoms with Gasteiger partial charge in [0.15, 0.2) is 0 Å². The maximum Gasteiger partial charge on any atom is 0.237 e.